The van der Waals surface area contributed by atoms with E-state index in [2.05, 4.69) is 22.8 Å². The molecule has 0 unspecified atom stereocenters. The molecule has 0 fully saturated rings. The van der Waals surface area contributed by atoms with Crippen LogP contribution in [-0.2, 0) is 9.59 Å². The fourth-order valence-electron chi connectivity index (χ4n) is 2.59. The van der Waals surface area contributed by atoms with Crippen LogP contribution in [-0.4, -0.2) is 31.7 Å². The summed E-state index contributed by atoms with van der Waals surface area (Å²) in [5, 5.41) is 6.92. The Morgan fingerprint density at radius 2 is 1.90 bits per heavy atom. The number of nitrogens with zero attached hydrogens (tertiary/aromatic N) is 1. The summed E-state index contributed by atoms with van der Waals surface area (Å²) in [6, 6.07) is 12.2. The third-order valence-corrected chi connectivity index (χ3v) is 4.42. The molecule has 0 aliphatic carbocycles. The first-order valence-corrected chi connectivity index (χ1v) is 10.1. The zero-order chi connectivity index (χ0) is 21.8. The van der Waals surface area contributed by atoms with E-state index < -0.39 is 11.8 Å². The van der Waals surface area contributed by atoms with Crippen molar-refractivity contribution in [2.45, 2.75) is 32.6 Å². The summed E-state index contributed by atoms with van der Waals surface area (Å²) in [6.07, 6.45) is 4.18. The summed E-state index contributed by atoms with van der Waals surface area (Å²) in [4.78, 5) is 24.0. The number of benzene rings is 2. The molecule has 0 aliphatic rings. The Bertz CT molecular complexity index is 886. The van der Waals surface area contributed by atoms with E-state index in [-0.39, 0.29) is 6.42 Å². The van der Waals surface area contributed by atoms with Gasteiger partial charge in [0, 0.05) is 5.56 Å². The Morgan fingerprint density at radius 1 is 1.10 bits per heavy atom. The standard InChI is InChI=1S/C22H26ClN3O4/c1-3-4-7-13-30-22-16(9-8-12-19(22)29-2)15-24-26-21(28)14-20(27)25-18-11-6-5-10-17(18)23/h5-6,8-12,15H,3-4,7,13-14H2,1-2H3,(H,25,27)(H,26,28). The van der Waals surface area contributed by atoms with Crippen LogP contribution in [0.1, 0.15) is 38.2 Å². The molecule has 0 aromatic heterocycles. The minimum absolute atomic E-state index is 0.388. The number of nitrogens with one attached hydrogen (secondary N) is 2. The second-order valence-electron chi connectivity index (χ2n) is 6.43. The number of hydrogen-bond donors (Lipinski definition) is 2. The lowest BCUT2D eigenvalue weighted by atomic mass is 10.2. The summed E-state index contributed by atoms with van der Waals surface area (Å²) in [7, 11) is 1.56. The van der Waals surface area contributed by atoms with Crippen molar-refractivity contribution < 1.29 is 19.1 Å². The number of carbonyl (C=O) groups excluding carboxylic acids is 2. The van der Waals surface area contributed by atoms with E-state index in [9.17, 15) is 9.59 Å². The van der Waals surface area contributed by atoms with Gasteiger partial charge in [0.05, 0.1) is 30.6 Å². The fraction of sp³-hybridized carbons (Fsp3) is 0.318. The number of halogens is 1. The van der Waals surface area contributed by atoms with Crippen LogP contribution in [0.15, 0.2) is 47.6 Å². The van der Waals surface area contributed by atoms with E-state index in [4.69, 9.17) is 21.1 Å². The number of anilines is 1. The van der Waals surface area contributed by atoms with Crippen molar-refractivity contribution in [2.24, 2.45) is 5.10 Å². The van der Waals surface area contributed by atoms with Gasteiger partial charge in [-0.1, -0.05) is 49.6 Å². The summed E-state index contributed by atoms with van der Waals surface area (Å²) in [5.41, 5.74) is 3.45. The van der Waals surface area contributed by atoms with Crippen LogP contribution in [0.25, 0.3) is 0 Å². The molecular weight excluding hydrogens is 406 g/mol. The monoisotopic (exact) mass is 431 g/mol. The number of rotatable bonds is 11. The molecule has 2 rings (SSSR count). The molecule has 2 aromatic carbocycles. The largest absolute Gasteiger partial charge is 0.493 e. The molecule has 7 nitrogen and oxygen atoms in total. The van der Waals surface area contributed by atoms with Crippen LogP contribution >= 0.6 is 11.6 Å². The van der Waals surface area contributed by atoms with Crippen molar-refractivity contribution in [1.29, 1.82) is 0 Å². The Hall–Kier alpha value is -3.06. The molecule has 0 atom stereocenters. The average molecular weight is 432 g/mol. The van der Waals surface area contributed by atoms with Crippen LogP contribution in [0.2, 0.25) is 5.02 Å². The molecule has 2 aromatic rings. The molecule has 0 radical (unpaired) electrons. The first-order chi connectivity index (χ1) is 14.5. The number of amides is 2. The van der Waals surface area contributed by atoms with E-state index in [0.717, 1.165) is 19.3 Å². The van der Waals surface area contributed by atoms with E-state index >= 15 is 0 Å². The van der Waals surface area contributed by atoms with Gasteiger partial charge < -0.3 is 14.8 Å². The highest BCUT2D eigenvalue weighted by atomic mass is 35.5. The first-order valence-electron chi connectivity index (χ1n) is 9.71. The Balaban J connectivity index is 1.93. The lowest BCUT2D eigenvalue weighted by Gasteiger charge is -2.13. The molecule has 0 heterocycles. The highest BCUT2D eigenvalue weighted by Gasteiger charge is 2.12. The Labute approximate surface area is 181 Å². The van der Waals surface area contributed by atoms with Gasteiger partial charge in [-0.2, -0.15) is 5.10 Å². The second kappa shape index (κ2) is 12.5. The van der Waals surface area contributed by atoms with Gasteiger partial charge in [0.15, 0.2) is 11.5 Å². The molecule has 0 bridgehead atoms. The van der Waals surface area contributed by atoms with Crippen LogP contribution in [0.5, 0.6) is 11.5 Å². The summed E-state index contributed by atoms with van der Waals surface area (Å²) >= 11 is 5.99. The fourth-order valence-corrected chi connectivity index (χ4v) is 2.78. The van der Waals surface area contributed by atoms with Gasteiger partial charge in [0.1, 0.15) is 6.42 Å². The van der Waals surface area contributed by atoms with Gasteiger partial charge in [0.2, 0.25) is 11.8 Å². The first kappa shape index (κ1) is 23.2. The van der Waals surface area contributed by atoms with Crippen molar-refractivity contribution >= 4 is 35.3 Å². The molecule has 0 saturated heterocycles. The van der Waals surface area contributed by atoms with Crippen molar-refractivity contribution in [1.82, 2.24) is 5.43 Å². The maximum atomic E-state index is 12.0. The number of unbranched alkanes of at least 4 members (excludes halogenated alkanes) is 2. The van der Waals surface area contributed by atoms with Crippen LogP contribution in [0, 0.1) is 0 Å². The molecule has 0 spiro atoms. The highest BCUT2D eigenvalue weighted by Crippen LogP contribution is 2.30. The number of methoxy groups -OCH3 is 1. The number of hydrazone groups is 1. The predicted molar refractivity (Wildman–Crippen MR) is 118 cm³/mol. The van der Waals surface area contributed by atoms with Crippen LogP contribution < -0.4 is 20.2 Å². The number of ether oxygens (including phenoxy) is 2. The topological polar surface area (TPSA) is 89.0 Å². The van der Waals surface area contributed by atoms with Gasteiger partial charge in [-0.25, -0.2) is 5.43 Å². The van der Waals surface area contributed by atoms with Crippen molar-refractivity contribution in [3.8, 4) is 11.5 Å². The molecule has 0 aliphatic heterocycles. The van der Waals surface area contributed by atoms with Crippen molar-refractivity contribution in [3.05, 3.63) is 53.1 Å². The van der Waals surface area contributed by atoms with Gasteiger partial charge in [-0.15, -0.1) is 0 Å². The van der Waals surface area contributed by atoms with E-state index in [1.165, 1.54) is 6.21 Å². The van der Waals surface area contributed by atoms with Gasteiger partial charge in [-0.05, 0) is 30.7 Å². The third-order valence-electron chi connectivity index (χ3n) is 4.09. The zero-order valence-electron chi connectivity index (χ0n) is 17.1. The summed E-state index contributed by atoms with van der Waals surface area (Å²) in [6.45, 7) is 2.68. The normalized spacial score (nSPS) is 10.6. The SMILES string of the molecule is CCCCCOc1c(C=NNC(=O)CC(=O)Nc2ccccc2Cl)cccc1OC. The quantitative estimate of drug-likeness (QED) is 0.239. The molecule has 160 valence electrons. The number of hydrogen-bond acceptors (Lipinski definition) is 5. The van der Waals surface area contributed by atoms with E-state index in [0.29, 0.717) is 34.4 Å². The smallest absolute Gasteiger partial charge is 0.249 e. The summed E-state index contributed by atoms with van der Waals surface area (Å²) < 4.78 is 11.2. The lowest BCUT2D eigenvalue weighted by molar-refractivity contribution is -0.126. The van der Waals surface area contributed by atoms with Gasteiger partial charge in [-0.3, -0.25) is 9.59 Å². The molecule has 2 N–H and O–H groups in total. The maximum Gasteiger partial charge on any atom is 0.249 e. The van der Waals surface area contributed by atoms with Crippen LogP contribution in [0.3, 0.4) is 0 Å². The van der Waals surface area contributed by atoms with Gasteiger partial charge in [0.25, 0.3) is 0 Å². The molecule has 30 heavy (non-hydrogen) atoms. The van der Waals surface area contributed by atoms with Crippen molar-refractivity contribution in [3.63, 3.8) is 0 Å². The minimum Gasteiger partial charge on any atom is -0.493 e. The number of carbonyl (C=O) groups is 2. The second-order valence-corrected chi connectivity index (χ2v) is 6.84. The maximum absolute atomic E-state index is 12.0. The molecule has 8 heteroatoms. The third kappa shape index (κ3) is 7.40. The Kier molecular flexibility index (Phi) is 9.67. The average Bonchev–Trinajstić information content (AvgIpc) is 2.73. The van der Waals surface area contributed by atoms with E-state index in [1.807, 2.05) is 0 Å². The molecule has 0 saturated carbocycles. The lowest BCUT2D eigenvalue weighted by Crippen LogP contribution is -2.24. The van der Waals surface area contributed by atoms with Crippen LogP contribution in [0.4, 0.5) is 5.69 Å². The van der Waals surface area contributed by atoms with Crippen molar-refractivity contribution in [2.75, 3.05) is 19.0 Å². The predicted octanol–water partition coefficient (Wildman–Crippen LogP) is 4.40. The zero-order valence-corrected chi connectivity index (χ0v) is 17.9. The van der Waals surface area contributed by atoms with Gasteiger partial charge >= 0.3 is 0 Å². The highest BCUT2D eigenvalue weighted by molar-refractivity contribution is 6.33. The summed E-state index contributed by atoms with van der Waals surface area (Å²) in [5.74, 6) is 0.104. The molecular formula is C22H26ClN3O4. The van der Waals surface area contributed by atoms with E-state index in [1.54, 1.807) is 49.6 Å². The number of para-hydroxylation sites is 2. The molecule has 2 amide bonds. The minimum atomic E-state index is -0.552. The Morgan fingerprint density at radius 3 is 2.63 bits per heavy atom.